The Hall–Kier alpha value is -3.21. The first-order valence-electron chi connectivity index (χ1n) is 12.2. The van der Waals surface area contributed by atoms with Gasteiger partial charge in [0.2, 0.25) is 0 Å². The lowest BCUT2D eigenvalue weighted by Gasteiger charge is -2.43. The number of anilines is 2. The Kier molecular flexibility index (Phi) is 7.54. The smallest absolute Gasteiger partial charge is 0.303 e. The Balaban J connectivity index is 1.47. The second-order valence-electron chi connectivity index (χ2n) is 9.39. The van der Waals surface area contributed by atoms with Gasteiger partial charge in [0, 0.05) is 47.2 Å². The van der Waals surface area contributed by atoms with Gasteiger partial charge in [0.25, 0.3) is 10.0 Å². The lowest BCUT2D eigenvalue weighted by molar-refractivity contribution is -0.137. The molecule has 12 heteroatoms. The summed E-state index contributed by atoms with van der Waals surface area (Å²) in [5.74, 6) is -1.48. The minimum Gasteiger partial charge on any atom is -0.494 e. The number of methoxy groups -OCH3 is 1. The van der Waals surface area contributed by atoms with E-state index in [4.69, 9.17) is 37.8 Å². The number of fused-ring (bicyclic) bond motifs is 1. The van der Waals surface area contributed by atoms with Crippen molar-refractivity contribution < 1.29 is 32.2 Å². The van der Waals surface area contributed by atoms with Crippen LogP contribution in [-0.2, 0) is 14.8 Å². The summed E-state index contributed by atoms with van der Waals surface area (Å²) in [5, 5.41) is 10.3. The fourth-order valence-corrected chi connectivity index (χ4v) is 7.08. The molecule has 0 bridgehead atoms. The highest BCUT2D eigenvalue weighted by molar-refractivity contribution is 7.92. The van der Waals surface area contributed by atoms with Gasteiger partial charge < -0.3 is 19.5 Å². The molecule has 1 N–H and O–H groups in total. The second-order valence-corrected chi connectivity index (χ2v) is 12.1. The number of sulfonamides is 1. The van der Waals surface area contributed by atoms with E-state index in [1.165, 1.54) is 17.5 Å². The van der Waals surface area contributed by atoms with Crippen molar-refractivity contribution in [3.63, 3.8) is 0 Å². The third kappa shape index (κ3) is 5.33. The van der Waals surface area contributed by atoms with Gasteiger partial charge >= 0.3 is 5.97 Å². The van der Waals surface area contributed by atoms with Crippen molar-refractivity contribution in [2.45, 2.75) is 29.8 Å². The van der Waals surface area contributed by atoms with Crippen molar-refractivity contribution in [2.75, 3.05) is 35.9 Å². The fraction of sp³-hybridized carbons (Fsp3) is 0.296. The van der Waals surface area contributed by atoms with Gasteiger partial charge in [0.1, 0.15) is 11.9 Å². The predicted molar refractivity (Wildman–Crippen MR) is 147 cm³/mol. The maximum absolute atomic E-state index is 14.0. The number of halogens is 3. The summed E-state index contributed by atoms with van der Waals surface area (Å²) in [4.78, 5) is 13.1. The Morgan fingerprint density at radius 1 is 1.10 bits per heavy atom. The molecular weight excluding hydrogens is 570 g/mol. The van der Waals surface area contributed by atoms with Crippen LogP contribution in [0.5, 0.6) is 11.5 Å². The molecule has 0 aliphatic carbocycles. The van der Waals surface area contributed by atoms with Crippen LogP contribution in [0.1, 0.15) is 24.3 Å². The van der Waals surface area contributed by atoms with Crippen molar-refractivity contribution in [1.82, 2.24) is 0 Å². The van der Waals surface area contributed by atoms with Crippen LogP contribution in [0.4, 0.5) is 15.8 Å². The second kappa shape index (κ2) is 10.7. The normalized spacial score (nSPS) is 17.3. The molecule has 1 saturated heterocycles. The SMILES string of the molecule is COc1cc(S(=O)(=O)N2C[C@@H](CCC(=O)O)Oc3ccc(N4CC(c5c(Cl)cccc5Cl)C4)cc32)ccc1F. The molecule has 0 radical (unpaired) electrons. The Bertz CT molecular complexity index is 1510. The van der Waals surface area contributed by atoms with Crippen molar-refractivity contribution in [3.05, 3.63) is 76.0 Å². The largest absolute Gasteiger partial charge is 0.494 e. The number of aliphatic carboxylic acids is 1. The van der Waals surface area contributed by atoms with Crippen LogP contribution in [0.2, 0.25) is 10.0 Å². The average Bonchev–Trinajstić information content (AvgIpc) is 2.87. The van der Waals surface area contributed by atoms with E-state index in [9.17, 15) is 17.6 Å². The molecule has 8 nitrogen and oxygen atoms in total. The molecule has 0 unspecified atom stereocenters. The van der Waals surface area contributed by atoms with Gasteiger partial charge in [-0.3, -0.25) is 9.10 Å². The van der Waals surface area contributed by atoms with Gasteiger partial charge in [-0.15, -0.1) is 0 Å². The van der Waals surface area contributed by atoms with E-state index in [2.05, 4.69) is 4.90 Å². The van der Waals surface area contributed by atoms with E-state index in [1.807, 2.05) is 6.07 Å². The molecule has 0 spiro atoms. The predicted octanol–water partition coefficient (Wildman–Crippen LogP) is 5.57. The zero-order valence-electron chi connectivity index (χ0n) is 20.8. The first kappa shape index (κ1) is 27.4. The summed E-state index contributed by atoms with van der Waals surface area (Å²) in [6.45, 7) is 1.15. The van der Waals surface area contributed by atoms with Gasteiger partial charge in [-0.1, -0.05) is 29.3 Å². The maximum atomic E-state index is 14.0. The van der Waals surface area contributed by atoms with Crippen molar-refractivity contribution in [2.24, 2.45) is 0 Å². The summed E-state index contributed by atoms with van der Waals surface area (Å²) in [6, 6.07) is 14.0. The number of benzene rings is 3. The first-order valence-corrected chi connectivity index (χ1v) is 14.4. The summed E-state index contributed by atoms with van der Waals surface area (Å²) < 4.78 is 53.9. The highest BCUT2D eigenvalue weighted by Crippen LogP contribution is 2.44. The number of ether oxygens (including phenoxy) is 2. The average molecular weight is 595 g/mol. The molecule has 3 aromatic carbocycles. The Labute approximate surface area is 235 Å². The van der Waals surface area contributed by atoms with Crippen LogP contribution >= 0.6 is 23.2 Å². The molecule has 0 saturated carbocycles. The number of rotatable bonds is 8. The van der Waals surface area contributed by atoms with Crippen LogP contribution in [0.3, 0.4) is 0 Å². The first-order chi connectivity index (χ1) is 18.6. The van der Waals surface area contributed by atoms with E-state index in [-0.39, 0.29) is 35.9 Å². The van der Waals surface area contributed by atoms with Crippen LogP contribution < -0.4 is 18.7 Å². The van der Waals surface area contributed by atoms with Crippen LogP contribution in [0.15, 0.2) is 59.5 Å². The number of hydrogen-bond donors (Lipinski definition) is 1. The monoisotopic (exact) mass is 594 g/mol. The summed E-state index contributed by atoms with van der Waals surface area (Å²) >= 11 is 12.8. The van der Waals surface area contributed by atoms with E-state index in [1.54, 1.807) is 30.3 Å². The third-order valence-corrected chi connectivity index (χ3v) is 9.35. The highest BCUT2D eigenvalue weighted by Gasteiger charge is 2.37. The number of carboxylic acids is 1. The molecule has 3 aromatic rings. The van der Waals surface area contributed by atoms with E-state index >= 15 is 0 Å². The molecule has 1 atom stereocenters. The van der Waals surface area contributed by atoms with Gasteiger partial charge in [-0.05, 0) is 54.4 Å². The number of hydrogen-bond acceptors (Lipinski definition) is 6. The van der Waals surface area contributed by atoms with Gasteiger partial charge in [0.15, 0.2) is 11.6 Å². The molecular formula is C27H25Cl2FN2O6S. The minimum atomic E-state index is -4.19. The summed E-state index contributed by atoms with van der Waals surface area (Å²) in [6.07, 6.45) is -0.759. The quantitative estimate of drug-likeness (QED) is 0.364. The molecule has 206 valence electrons. The zero-order chi connectivity index (χ0) is 27.9. The molecule has 5 rings (SSSR count). The van der Waals surface area contributed by atoms with Crippen molar-refractivity contribution in [3.8, 4) is 11.5 Å². The Morgan fingerprint density at radius 3 is 2.49 bits per heavy atom. The van der Waals surface area contributed by atoms with Crippen molar-refractivity contribution in [1.29, 1.82) is 0 Å². The summed E-state index contributed by atoms with van der Waals surface area (Å²) in [7, 11) is -2.93. The molecule has 2 aliphatic rings. The molecule has 1 fully saturated rings. The van der Waals surface area contributed by atoms with E-state index in [0.29, 0.717) is 34.6 Å². The van der Waals surface area contributed by atoms with Crippen LogP contribution in [0.25, 0.3) is 0 Å². The molecule has 0 aromatic heterocycles. The van der Waals surface area contributed by atoms with Crippen molar-refractivity contribution >= 4 is 50.6 Å². The lowest BCUT2D eigenvalue weighted by atomic mass is 9.90. The number of nitrogens with zero attached hydrogens (tertiary/aromatic N) is 2. The van der Waals surface area contributed by atoms with Crippen LogP contribution in [-0.4, -0.2) is 52.3 Å². The molecule has 0 amide bonds. The Morgan fingerprint density at radius 2 is 1.82 bits per heavy atom. The molecule has 2 heterocycles. The van der Waals surface area contributed by atoms with Crippen LogP contribution in [0, 0.1) is 5.82 Å². The van der Waals surface area contributed by atoms with Gasteiger partial charge in [-0.2, -0.15) is 0 Å². The maximum Gasteiger partial charge on any atom is 0.303 e. The highest BCUT2D eigenvalue weighted by atomic mass is 35.5. The zero-order valence-corrected chi connectivity index (χ0v) is 23.1. The summed E-state index contributed by atoms with van der Waals surface area (Å²) in [5.41, 5.74) is 1.97. The molecule has 39 heavy (non-hydrogen) atoms. The number of carbonyl (C=O) groups is 1. The standard InChI is InChI=1S/C27H25Cl2FN2O6S/c1-37-25-12-19(7-8-22(25)30)39(35,36)32-15-18(6-10-26(33)34)38-24-9-5-17(11-23(24)32)31-13-16(14-31)27-20(28)3-2-4-21(27)29/h2-5,7-9,11-12,16,18H,6,10,13-15H2,1H3,(H,33,34)/t18-/m1/s1. The molecule has 2 aliphatic heterocycles. The van der Waals surface area contributed by atoms with Gasteiger partial charge in [-0.25, -0.2) is 12.8 Å². The lowest BCUT2D eigenvalue weighted by Crippen LogP contribution is -2.46. The van der Waals surface area contributed by atoms with E-state index in [0.717, 1.165) is 23.4 Å². The fourth-order valence-electron chi connectivity index (χ4n) is 4.86. The topological polar surface area (TPSA) is 96.4 Å². The third-order valence-electron chi connectivity index (χ3n) is 6.92. The minimum absolute atomic E-state index is 0.108. The van der Waals surface area contributed by atoms with E-state index < -0.39 is 27.9 Å². The number of carboxylic acid groups (broad SMARTS) is 1. The van der Waals surface area contributed by atoms with Gasteiger partial charge in [0.05, 0.1) is 24.2 Å².